The zero-order valence-corrected chi connectivity index (χ0v) is 12.3. The summed E-state index contributed by atoms with van der Waals surface area (Å²) in [7, 11) is 3.29. The highest BCUT2D eigenvalue weighted by Crippen LogP contribution is 2.11. The van der Waals surface area contributed by atoms with E-state index in [2.05, 4.69) is 0 Å². The molecule has 0 bridgehead atoms. The maximum atomic E-state index is 12.0. The van der Waals surface area contributed by atoms with Crippen LogP contribution >= 0.6 is 11.3 Å². The first-order valence-electron chi connectivity index (χ1n) is 6.12. The number of amides is 2. The van der Waals surface area contributed by atoms with Gasteiger partial charge in [-0.25, -0.2) is 0 Å². The molecule has 5 nitrogen and oxygen atoms in total. The lowest BCUT2D eigenvalue weighted by Crippen LogP contribution is -2.40. The Labute approximate surface area is 117 Å². The first-order chi connectivity index (χ1) is 8.91. The largest absolute Gasteiger partial charge is 0.393 e. The summed E-state index contributed by atoms with van der Waals surface area (Å²) < 4.78 is 0. The van der Waals surface area contributed by atoms with Crippen molar-refractivity contribution in [1.82, 2.24) is 9.80 Å². The van der Waals surface area contributed by atoms with Crippen molar-refractivity contribution in [3.63, 3.8) is 0 Å². The van der Waals surface area contributed by atoms with Crippen molar-refractivity contribution < 1.29 is 14.7 Å². The third-order valence-corrected chi connectivity index (χ3v) is 3.62. The first kappa shape index (κ1) is 15.7. The molecule has 1 heterocycles. The molecule has 6 heteroatoms. The van der Waals surface area contributed by atoms with Crippen LogP contribution in [0.4, 0.5) is 0 Å². The van der Waals surface area contributed by atoms with Crippen LogP contribution in [0.25, 0.3) is 0 Å². The maximum Gasteiger partial charge on any atom is 0.264 e. The standard InChI is InChI=1S/C13H20N2O3S/c1-10(16)6-7-14(2)12(17)9-15(3)13(18)11-5-4-8-19-11/h4-5,8,10,16H,6-7,9H2,1-3H3. The highest BCUT2D eigenvalue weighted by atomic mass is 32.1. The van der Waals surface area contributed by atoms with E-state index in [-0.39, 0.29) is 18.4 Å². The Hall–Kier alpha value is -1.40. The molecule has 19 heavy (non-hydrogen) atoms. The Morgan fingerprint density at radius 1 is 1.37 bits per heavy atom. The van der Waals surface area contributed by atoms with E-state index in [9.17, 15) is 14.7 Å². The molecule has 1 unspecified atom stereocenters. The SMILES string of the molecule is CC(O)CCN(C)C(=O)CN(C)C(=O)c1cccs1. The van der Waals surface area contributed by atoms with Crippen molar-refractivity contribution >= 4 is 23.2 Å². The van der Waals surface area contributed by atoms with Crippen LogP contribution < -0.4 is 0 Å². The fraction of sp³-hybridized carbons (Fsp3) is 0.538. The lowest BCUT2D eigenvalue weighted by Gasteiger charge is -2.22. The normalized spacial score (nSPS) is 12.0. The van der Waals surface area contributed by atoms with Crippen molar-refractivity contribution in [3.8, 4) is 0 Å². The number of aliphatic hydroxyl groups is 1. The number of rotatable bonds is 6. The summed E-state index contributed by atoms with van der Waals surface area (Å²) >= 11 is 1.36. The molecule has 1 N–H and O–H groups in total. The van der Waals surface area contributed by atoms with Gasteiger partial charge in [-0.2, -0.15) is 0 Å². The molecule has 0 fully saturated rings. The quantitative estimate of drug-likeness (QED) is 0.849. The Morgan fingerprint density at radius 2 is 2.05 bits per heavy atom. The number of nitrogens with zero attached hydrogens (tertiary/aromatic N) is 2. The number of aliphatic hydroxyl groups excluding tert-OH is 1. The molecule has 0 spiro atoms. The van der Waals surface area contributed by atoms with Gasteiger partial charge in [0.1, 0.15) is 0 Å². The summed E-state index contributed by atoms with van der Waals surface area (Å²) in [6.07, 6.45) is 0.103. The molecule has 0 saturated heterocycles. The third-order valence-electron chi connectivity index (χ3n) is 2.76. The summed E-state index contributed by atoms with van der Waals surface area (Å²) in [4.78, 5) is 27.4. The van der Waals surface area contributed by atoms with Gasteiger partial charge in [-0.05, 0) is 24.8 Å². The molecule has 0 aliphatic rings. The number of carbonyl (C=O) groups excluding carboxylic acids is 2. The monoisotopic (exact) mass is 284 g/mol. The van der Waals surface area contributed by atoms with Gasteiger partial charge in [-0.15, -0.1) is 11.3 Å². The average Bonchev–Trinajstić information content (AvgIpc) is 2.88. The van der Waals surface area contributed by atoms with Crippen molar-refractivity contribution in [2.24, 2.45) is 0 Å². The van der Waals surface area contributed by atoms with Crippen molar-refractivity contribution in [3.05, 3.63) is 22.4 Å². The second-order valence-electron chi connectivity index (χ2n) is 4.59. The van der Waals surface area contributed by atoms with Crippen LogP contribution in [0.2, 0.25) is 0 Å². The lowest BCUT2D eigenvalue weighted by molar-refractivity contribution is -0.130. The number of hydrogen-bond donors (Lipinski definition) is 1. The summed E-state index contributed by atoms with van der Waals surface area (Å²) in [6, 6.07) is 3.55. The molecule has 0 aliphatic heterocycles. The molecule has 1 atom stereocenters. The fourth-order valence-corrected chi connectivity index (χ4v) is 2.21. The van der Waals surface area contributed by atoms with Crippen LogP contribution in [-0.2, 0) is 4.79 Å². The van der Waals surface area contributed by atoms with E-state index in [0.717, 1.165) is 0 Å². The highest BCUT2D eigenvalue weighted by Gasteiger charge is 2.18. The number of hydrogen-bond acceptors (Lipinski definition) is 4. The molecular weight excluding hydrogens is 264 g/mol. The van der Waals surface area contributed by atoms with Crippen LogP contribution in [0.15, 0.2) is 17.5 Å². The van der Waals surface area contributed by atoms with Gasteiger partial charge in [0.15, 0.2) is 0 Å². The van der Waals surface area contributed by atoms with E-state index in [0.29, 0.717) is 17.8 Å². The maximum absolute atomic E-state index is 12.0. The molecule has 1 rings (SSSR count). The molecule has 1 aromatic rings. The van der Waals surface area contributed by atoms with Crippen LogP contribution in [0.5, 0.6) is 0 Å². The molecule has 0 aliphatic carbocycles. The average molecular weight is 284 g/mol. The van der Waals surface area contributed by atoms with Gasteiger partial charge in [0, 0.05) is 20.6 Å². The summed E-state index contributed by atoms with van der Waals surface area (Å²) in [5.41, 5.74) is 0. The van der Waals surface area contributed by atoms with E-state index in [1.165, 1.54) is 21.1 Å². The van der Waals surface area contributed by atoms with Gasteiger partial charge in [0.05, 0.1) is 17.5 Å². The zero-order chi connectivity index (χ0) is 14.4. The zero-order valence-electron chi connectivity index (χ0n) is 11.5. The molecule has 0 aromatic carbocycles. The van der Waals surface area contributed by atoms with Gasteiger partial charge in [0.25, 0.3) is 5.91 Å². The molecule has 2 amide bonds. The molecule has 106 valence electrons. The predicted octanol–water partition coefficient (Wildman–Crippen LogP) is 1.05. The molecule has 0 saturated carbocycles. The Kier molecular flexibility index (Phi) is 5.98. The lowest BCUT2D eigenvalue weighted by atomic mass is 10.2. The van der Waals surface area contributed by atoms with Crippen LogP contribution in [0, 0.1) is 0 Å². The van der Waals surface area contributed by atoms with E-state index < -0.39 is 6.10 Å². The number of carbonyl (C=O) groups is 2. The minimum atomic E-state index is -0.430. The van der Waals surface area contributed by atoms with Crippen molar-refractivity contribution in [2.75, 3.05) is 27.2 Å². The third kappa shape index (κ3) is 5.00. The summed E-state index contributed by atoms with van der Waals surface area (Å²) in [6.45, 7) is 2.22. The smallest absolute Gasteiger partial charge is 0.264 e. The Bertz CT molecular complexity index is 418. The second-order valence-corrected chi connectivity index (χ2v) is 5.54. The number of likely N-dealkylation sites (N-methyl/N-ethyl adjacent to an activating group) is 2. The summed E-state index contributed by atoms with van der Waals surface area (Å²) in [5.74, 6) is -0.277. The minimum absolute atomic E-state index is 0.0487. The summed E-state index contributed by atoms with van der Waals surface area (Å²) in [5, 5.41) is 11.0. The topological polar surface area (TPSA) is 60.9 Å². The van der Waals surface area contributed by atoms with Gasteiger partial charge in [-0.1, -0.05) is 6.07 Å². The van der Waals surface area contributed by atoms with Gasteiger partial charge >= 0.3 is 0 Å². The Morgan fingerprint density at radius 3 is 2.58 bits per heavy atom. The van der Waals surface area contributed by atoms with Crippen molar-refractivity contribution in [2.45, 2.75) is 19.4 Å². The fourth-order valence-electron chi connectivity index (χ4n) is 1.49. The van der Waals surface area contributed by atoms with Crippen LogP contribution in [-0.4, -0.2) is 60.0 Å². The molecular formula is C13H20N2O3S. The predicted molar refractivity (Wildman–Crippen MR) is 75.2 cm³/mol. The molecule has 0 radical (unpaired) electrons. The second kappa shape index (κ2) is 7.25. The van der Waals surface area contributed by atoms with Gasteiger partial charge in [-0.3, -0.25) is 9.59 Å². The molecule has 1 aromatic heterocycles. The minimum Gasteiger partial charge on any atom is -0.393 e. The van der Waals surface area contributed by atoms with E-state index >= 15 is 0 Å². The van der Waals surface area contributed by atoms with E-state index in [1.807, 2.05) is 11.4 Å². The van der Waals surface area contributed by atoms with E-state index in [4.69, 9.17) is 0 Å². The number of thiophene rings is 1. The van der Waals surface area contributed by atoms with Crippen LogP contribution in [0.3, 0.4) is 0 Å². The van der Waals surface area contributed by atoms with Gasteiger partial charge < -0.3 is 14.9 Å². The Balaban J connectivity index is 2.45. The van der Waals surface area contributed by atoms with Crippen molar-refractivity contribution in [1.29, 1.82) is 0 Å². The van der Waals surface area contributed by atoms with Gasteiger partial charge in [0.2, 0.25) is 5.91 Å². The first-order valence-corrected chi connectivity index (χ1v) is 7.00. The van der Waals surface area contributed by atoms with E-state index in [1.54, 1.807) is 27.1 Å². The highest BCUT2D eigenvalue weighted by molar-refractivity contribution is 7.12. The van der Waals surface area contributed by atoms with Crippen LogP contribution in [0.1, 0.15) is 23.0 Å².